The second-order valence-corrected chi connectivity index (χ2v) is 6.56. The zero-order chi connectivity index (χ0) is 12.4. The van der Waals surface area contributed by atoms with E-state index in [1.807, 2.05) is 0 Å². The maximum atomic E-state index is 3.74. The van der Waals surface area contributed by atoms with Crippen molar-refractivity contribution in [3.05, 3.63) is 0 Å². The smallest absolute Gasteiger partial charge is 0.0361 e. The van der Waals surface area contributed by atoms with Crippen molar-refractivity contribution < 1.29 is 0 Å². The largest absolute Gasteiger partial charge is 0.312 e. The summed E-state index contributed by atoms with van der Waals surface area (Å²) >= 11 is 0. The Kier molecular flexibility index (Phi) is 4.42. The molecule has 0 aliphatic heterocycles. The molecule has 0 aromatic rings. The first-order valence-electron chi connectivity index (χ1n) is 6.75. The first kappa shape index (κ1) is 14.0. The van der Waals surface area contributed by atoms with E-state index in [9.17, 15) is 0 Å². The molecule has 1 atom stereocenters. The summed E-state index contributed by atoms with van der Waals surface area (Å²) in [6, 6.07) is 0.586. The van der Waals surface area contributed by atoms with Gasteiger partial charge in [-0.25, -0.2) is 0 Å². The van der Waals surface area contributed by atoms with Gasteiger partial charge in [-0.15, -0.1) is 0 Å². The highest BCUT2D eigenvalue weighted by Gasteiger charge is 2.47. The fourth-order valence-electron chi connectivity index (χ4n) is 3.49. The number of nitrogens with one attached hydrogen (secondary N) is 1. The third kappa shape index (κ3) is 2.60. The highest BCUT2D eigenvalue weighted by molar-refractivity contribution is 5.06. The maximum Gasteiger partial charge on any atom is 0.0361 e. The van der Waals surface area contributed by atoms with Gasteiger partial charge in [-0.2, -0.15) is 0 Å². The van der Waals surface area contributed by atoms with Crippen LogP contribution in [0.3, 0.4) is 0 Å². The van der Waals surface area contributed by atoms with Crippen LogP contribution in [0.2, 0.25) is 0 Å². The second-order valence-electron chi connectivity index (χ2n) is 6.56. The fourth-order valence-corrected chi connectivity index (χ4v) is 3.49. The van der Waals surface area contributed by atoms with E-state index in [-0.39, 0.29) is 0 Å². The molecule has 0 aromatic heterocycles. The van der Waals surface area contributed by atoms with Gasteiger partial charge in [0.2, 0.25) is 0 Å². The Labute approximate surface area is 102 Å². The van der Waals surface area contributed by atoms with Crippen LogP contribution in [0.25, 0.3) is 0 Å². The molecule has 16 heavy (non-hydrogen) atoms. The molecule has 1 unspecified atom stereocenters. The molecule has 0 radical (unpaired) electrons. The Morgan fingerprint density at radius 1 is 1.19 bits per heavy atom. The van der Waals surface area contributed by atoms with Crippen molar-refractivity contribution >= 4 is 0 Å². The molecule has 2 heteroatoms. The number of likely N-dealkylation sites (N-methyl/N-ethyl adjacent to an activating group) is 2. The number of nitrogens with zero attached hydrogens (tertiary/aromatic N) is 1. The molecule has 0 bridgehead atoms. The highest BCUT2D eigenvalue weighted by atomic mass is 15.2. The minimum absolute atomic E-state index is 0.324. The van der Waals surface area contributed by atoms with Crippen molar-refractivity contribution in [1.82, 2.24) is 10.2 Å². The summed E-state index contributed by atoms with van der Waals surface area (Å²) in [5, 5.41) is 3.74. The third-order valence-electron chi connectivity index (χ3n) is 4.17. The lowest BCUT2D eigenvalue weighted by Crippen LogP contribution is -2.62. The topological polar surface area (TPSA) is 15.3 Å². The van der Waals surface area contributed by atoms with Crippen molar-refractivity contribution in [2.45, 2.75) is 65.0 Å². The quantitative estimate of drug-likeness (QED) is 0.793. The predicted octanol–water partition coefficient (Wildman–Crippen LogP) is 2.89. The Morgan fingerprint density at radius 2 is 1.69 bits per heavy atom. The molecule has 2 nitrogen and oxygen atoms in total. The van der Waals surface area contributed by atoms with Crippen LogP contribution in [0.5, 0.6) is 0 Å². The first-order valence-corrected chi connectivity index (χ1v) is 6.75. The lowest BCUT2D eigenvalue weighted by Gasteiger charge is -2.49. The Bertz CT molecular complexity index is 209. The van der Waals surface area contributed by atoms with E-state index in [1.54, 1.807) is 0 Å². The average molecular weight is 226 g/mol. The molecule has 1 fully saturated rings. The van der Waals surface area contributed by atoms with Gasteiger partial charge >= 0.3 is 0 Å². The molecule has 0 aromatic carbocycles. The van der Waals surface area contributed by atoms with Crippen LogP contribution in [-0.4, -0.2) is 37.1 Å². The van der Waals surface area contributed by atoms with Crippen molar-refractivity contribution in [2.24, 2.45) is 5.41 Å². The number of rotatable bonds is 4. The average Bonchev–Trinajstić information content (AvgIpc) is 2.61. The van der Waals surface area contributed by atoms with E-state index < -0.39 is 0 Å². The molecular formula is C14H30N2. The molecule has 1 aliphatic carbocycles. The van der Waals surface area contributed by atoms with Crippen molar-refractivity contribution in [3.63, 3.8) is 0 Å². The zero-order valence-electron chi connectivity index (χ0n) is 12.1. The zero-order valence-corrected chi connectivity index (χ0v) is 12.1. The molecule has 0 amide bonds. The van der Waals surface area contributed by atoms with E-state index in [0.29, 0.717) is 17.0 Å². The maximum absolute atomic E-state index is 3.74. The van der Waals surface area contributed by atoms with Crippen molar-refractivity contribution in [3.8, 4) is 0 Å². The van der Waals surface area contributed by atoms with Gasteiger partial charge in [0, 0.05) is 11.6 Å². The molecule has 1 rings (SSSR count). The Balaban J connectivity index is 2.97. The van der Waals surface area contributed by atoms with Gasteiger partial charge in [0.05, 0.1) is 0 Å². The Morgan fingerprint density at radius 3 is 2.00 bits per heavy atom. The van der Waals surface area contributed by atoms with Gasteiger partial charge < -0.3 is 10.2 Å². The molecule has 96 valence electrons. The van der Waals surface area contributed by atoms with E-state index in [2.05, 4.69) is 52.0 Å². The van der Waals surface area contributed by atoms with Gasteiger partial charge in [-0.3, -0.25) is 0 Å². The molecule has 0 saturated heterocycles. The normalized spacial score (nSPS) is 22.7. The molecule has 0 spiro atoms. The summed E-state index contributed by atoms with van der Waals surface area (Å²) in [5.74, 6) is 0. The lowest BCUT2D eigenvalue weighted by atomic mass is 9.72. The monoisotopic (exact) mass is 226 g/mol. The summed E-state index contributed by atoms with van der Waals surface area (Å²) in [4.78, 5) is 2.47. The molecule has 1 aliphatic rings. The van der Waals surface area contributed by atoms with E-state index in [0.717, 1.165) is 6.54 Å². The van der Waals surface area contributed by atoms with Crippen LogP contribution in [0, 0.1) is 5.41 Å². The van der Waals surface area contributed by atoms with Crippen LogP contribution in [-0.2, 0) is 0 Å². The van der Waals surface area contributed by atoms with Gasteiger partial charge in [-0.05, 0) is 38.9 Å². The molecular weight excluding hydrogens is 196 g/mol. The van der Waals surface area contributed by atoms with Crippen molar-refractivity contribution in [1.29, 1.82) is 0 Å². The second kappa shape index (κ2) is 5.05. The molecule has 1 N–H and O–H groups in total. The highest BCUT2D eigenvalue weighted by Crippen LogP contribution is 2.42. The van der Waals surface area contributed by atoms with Crippen LogP contribution >= 0.6 is 0 Å². The summed E-state index contributed by atoms with van der Waals surface area (Å²) in [5.41, 5.74) is 0.693. The van der Waals surface area contributed by atoms with Gasteiger partial charge in [-0.1, -0.05) is 40.5 Å². The van der Waals surface area contributed by atoms with Crippen LogP contribution in [0.15, 0.2) is 0 Å². The number of hydrogen-bond acceptors (Lipinski definition) is 2. The summed E-state index contributed by atoms with van der Waals surface area (Å²) in [6.45, 7) is 10.4. The Hall–Kier alpha value is -0.0800. The van der Waals surface area contributed by atoms with Gasteiger partial charge in [0.15, 0.2) is 0 Å². The van der Waals surface area contributed by atoms with Crippen LogP contribution in [0.1, 0.15) is 53.4 Å². The molecule has 1 saturated carbocycles. The summed E-state index contributed by atoms with van der Waals surface area (Å²) in [7, 11) is 4.50. The first-order chi connectivity index (χ1) is 7.34. The minimum Gasteiger partial charge on any atom is -0.312 e. The van der Waals surface area contributed by atoms with E-state index >= 15 is 0 Å². The van der Waals surface area contributed by atoms with Gasteiger partial charge in [0.1, 0.15) is 0 Å². The van der Waals surface area contributed by atoms with E-state index in [1.165, 1.54) is 25.7 Å². The van der Waals surface area contributed by atoms with E-state index in [4.69, 9.17) is 0 Å². The summed E-state index contributed by atoms with van der Waals surface area (Å²) in [6.07, 6.45) is 5.45. The predicted molar refractivity (Wildman–Crippen MR) is 71.8 cm³/mol. The standard InChI is InChI=1S/C14H30N2/c1-7-15-12(13(2,3)4)14(16(5)6)10-8-9-11-14/h12,15H,7-11H2,1-6H3. The van der Waals surface area contributed by atoms with Crippen LogP contribution in [0.4, 0.5) is 0 Å². The minimum atomic E-state index is 0.324. The third-order valence-corrected chi connectivity index (χ3v) is 4.17. The SMILES string of the molecule is CCNC(C(C)(C)C)C1(N(C)C)CCCC1. The van der Waals surface area contributed by atoms with Crippen LogP contribution < -0.4 is 5.32 Å². The van der Waals surface area contributed by atoms with Crippen molar-refractivity contribution in [2.75, 3.05) is 20.6 Å². The lowest BCUT2D eigenvalue weighted by molar-refractivity contribution is 0.0486. The van der Waals surface area contributed by atoms with Gasteiger partial charge in [0.25, 0.3) is 0 Å². The number of hydrogen-bond donors (Lipinski definition) is 1. The summed E-state index contributed by atoms with van der Waals surface area (Å²) < 4.78 is 0. The fraction of sp³-hybridized carbons (Fsp3) is 1.00. The molecule has 0 heterocycles.